The minimum atomic E-state index is 0.303. The Morgan fingerprint density at radius 3 is 2.58 bits per heavy atom. The molecule has 8 nitrogen and oxygen atoms in total. The number of fused-ring (bicyclic) bond motifs is 2. The molecular formula is C25H33N7O. The third-order valence-corrected chi connectivity index (χ3v) is 6.41. The number of pyridine rings is 2. The van der Waals surface area contributed by atoms with E-state index < -0.39 is 0 Å². The molecule has 33 heavy (non-hydrogen) atoms. The highest BCUT2D eigenvalue weighted by Crippen LogP contribution is 2.37. The van der Waals surface area contributed by atoms with Crippen LogP contribution in [0.1, 0.15) is 39.2 Å². The van der Waals surface area contributed by atoms with Gasteiger partial charge in [-0.05, 0) is 30.0 Å². The Morgan fingerprint density at radius 1 is 1.09 bits per heavy atom. The quantitative estimate of drug-likeness (QED) is 0.478. The van der Waals surface area contributed by atoms with E-state index in [4.69, 9.17) is 9.72 Å². The highest BCUT2D eigenvalue weighted by atomic mass is 16.5. The van der Waals surface area contributed by atoms with Crippen LogP contribution in [0.4, 0.5) is 5.82 Å². The number of hydrogen-bond acceptors (Lipinski definition) is 6. The lowest BCUT2D eigenvalue weighted by molar-refractivity contribution is 0.231. The third kappa shape index (κ3) is 4.04. The lowest BCUT2D eigenvalue weighted by Gasteiger charge is -2.36. The monoisotopic (exact) mass is 447 g/mol. The van der Waals surface area contributed by atoms with E-state index in [-0.39, 0.29) is 0 Å². The molecule has 0 atom stereocenters. The van der Waals surface area contributed by atoms with E-state index in [1.54, 1.807) is 18.0 Å². The van der Waals surface area contributed by atoms with Gasteiger partial charge in [0.1, 0.15) is 12.1 Å². The van der Waals surface area contributed by atoms with Crippen molar-refractivity contribution in [2.24, 2.45) is 5.92 Å². The molecule has 8 heteroatoms. The van der Waals surface area contributed by atoms with E-state index in [2.05, 4.69) is 64.7 Å². The number of ether oxygens (including phenoxy) is 1. The average molecular weight is 448 g/mol. The van der Waals surface area contributed by atoms with Crippen molar-refractivity contribution in [1.82, 2.24) is 29.5 Å². The molecule has 0 aliphatic carbocycles. The van der Waals surface area contributed by atoms with E-state index in [1.807, 2.05) is 12.3 Å². The highest BCUT2D eigenvalue weighted by Gasteiger charge is 2.22. The van der Waals surface area contributed by atoms with Gasteiger partial charge in [-0.1, -0.05) is 27.7 Å². The zero-order chi connectivity index (χ0) is 23.1. The van der Waals surface area contributed by atoms with Gasteiger partial charge in [-0.2, -0.15) is 5.10 Å². The summed E-state index contributed by atoms with van der Waals surface area (Å²) in [6.45, 7) is 14.4. The molecule has 0 unspecified atom stereocenters. The van der Waals surface area contributed by atoms with Gasteiger partial charge in [0.15, 0.2) is 11.4 Å². The lowest BCUT2D eigenvalue weighted by Crippen LogP contribution is -2.47. The molecule has 4 aromatic heterocycles. The van der Waals surface area contributed by atoms with Crippen molar-refractivity contribution in [3.63, 3.8) is 0 Å². The van der Waals surface area contributed by atoms with Gasteiger partial charge in [0, 0.05) is 50.0 Å². The zero-order valence-electron chi connectivity index (χ0n) is 20.2. The summed E-state index contributed by atoms with van der Waals surface area (Å²) in [6.07, 6.45) is 3.54. The molecule has 0 aromatic carbocycles. The standard InChI is InChI=1S/C25H33N7O/c1-16(2)13-30-8-10-31(11-9-30)21-7-6-19-24(29-21)22(17(3)4)23(28-19)18-12-20(33-5)25-26-15-27-32(25)14-18/h6-7,12,14-17,28H,8-11,13H2,1-5H3. The number of anilines is 1. The van der Waals surface area contributed by atoms with Crippen molar-refractivity contribution in [1.29, 1.82) is 0 Å². The first kappa shape index (κ1) is 21.7. The zero-order valence-corrected chi connectivity index (χ0v) is 20.2. The Hall–Kier alpha value is -3.13. The van der Waals surface area contributed by atoms with E-state index in [0.29, 0.717) is 23.2 Å². The normalized spacial score (nSPS) is 15.4. The SMILES string of the molecule is COc1cc(-c2[nH]c3ccc(N4CCN(CC(C)C)CC4)nc3c2C(C)C)cn2ncnc12. The van der Waals surface area contributed by atoms with Gasteiger partial charge in [0.25, 0.3) is 0 Å². The molecule has 5 rings (SSSR count). The Balaban J connectivity index is 1.53. The van der Waals surface area contributed by atoms with Crippen LogP contribution >= 0.6 is 0 Å². The molecule has 1 saturated heterocycles. The van der Waals surface area contributed by atoms with Crippen molar-refractivity contribution in [3.8, 4) is 17.0 Å². The summed E-state index contributed by atoms with van der Waals surface area (Å²) >= 11 is 0. The van der Waals surface area contributed by atoms with Crippen LogP contribution in [0.2, 0.25) is 0 Å². The fourth-order valence-corrected chi connectivity index (χ4v) is 4.90. The fraction of sp³-hybridized carbons (Fsp3) is 0.480. The van der Waals surface area contributed by atoms with Gasteiger partial charge in [-0.3, -0.25) is 4.90 Å². The number of nitrogens with zero attached hydrogens (tertiary/aromatic N) is 6. The first-order valence-electron chi connectivity index (χ1n) is 11.8. The molecule has 1 aliphatic heterocycles. The van der Waals surface area contributed by atoms with Crippen LogP contribution in [0, 0.1) is 5.92 Å². The lowest BCUT2D eigenvalue weighted by atomic mass is 9.99. The van der Waals surface area contributed by atoms with Gasteiger partial charge in [-0.15, -0.1) is 0 Å². The van der Waals surface area contributed by atoms with E-state index in [0.717, 1.165) is 54.3 Å². The second kappa shape index (κ2) is 8.67. The molecule has 4 aromatic rings. The molecule has 0 bridgehead atoms. The Morgan fingerprint density at radius 2 is 1.88 bits per heavy atom. The van der Waals surface area contributed by atoms with Crippen LogP contribution in [-0.4, -0.2) is 69.3 Å². The van der Waals surface area contributed by atoms with Crippen LogP contribution in [0.25, 0.3) is 27.9 Å². The molecule has 0 amide bonds. The first-order chi connectivity index (χ1) is 15.9. The van der Waals surface area contributed by atoms with E-state index in [1.165, 1.54) is 12.1 Å². The second-order valence-corrected chi connectivity index (χ2v) is 9.64. The average Bonchev–Trinajstić information content (AvgIpc) is 3.42. The summed E-state index contributed by atoms with van der Waals surface area (Å²) in [6, 6.07) is 6.33. The van der Waals surface area contributed by atoms with Crippen LogP contribution < -0.4 is 9.64 Å². The van der Waals surface area contributed by atoms with Gasteiger partial charge in [0.2, 0.25) is 0 Å². The summed E-state index contributed by atoms with van der Waals surface area (Å²) in [7, 11) is 1.66. The summed E-state index contributed by atoms with van der Waals surface area (Å²) in [4.78, 5) is 18.1. The molecule has 174 valence electrons. The van der Waals surface area contributed by atoms with E-state index in [9.17, 15) is 0 Å². The van der Waals surface area contributed by atoms with Gasteiger partial charge >= 0.3 is 0 Å². The van der Waals surface area contributed by atoms with Crippen molar-refractivity contribution in [2.45, 2.75) is 33.6 Å². The first-order valence-corrected chi connectivity index (χ1v) is 11.8. The van der Waals surface area contributed by atoms with Crippen molar-refractivity contribution >= 4 is 22.5 Å². The van der Waals surface area contributed by atoms with E-state index >= 15 is 0 Å². The molecule has 5 heterocycles. The summed E-state index contributed by atoms with van der Waals surface area (Å²) in [5.41, 5.74) is 6.08. The Labute approximate surface area is 194 Å². The predicted octanol–water partition coefficient (Wildman–Crippen LogP) is 4.18. The number of piperazine rings is 1. The predicted molar refractivity (Wildman–Crippen MR) is 132 cm³/mol. The van der Waals surface area contributed by atoms with Crippen molar-refractivity contribution in [3.05, 3.63) is 36.3 Å². The fourth-order valence-electron chi connectivity index (χ4n) is 4.90. The van der Waals surface area contributed by atoms with Crippen molar-refractivity contribution in [2.75, 3.05) is 44.7 Å². The number of nitrogens with one attached hydrogen (secondary N) is 1. The molecule has 0 saturated carbocycles. The molecule has 0 spiro atoms. The smallest absolute Gasteiger partial charge is 0.197 e. The number of aromatic amines is 1. The maximum Gasteiger partial charge on any atom is 0.197 e. The number of rotatable bonds is 6. The summed E-state index contributed by atoms with van der Waals surface area (Å²) < 4.78 is 7.35. The number of H-pyrrole nitrogens is 1. The van der Waals surface area contributed by atoms with Crippen LogP contribution in [0.15, 0.2) is 30.7 Å². The largest absolute Gasteiger partial charge is 0.493 e. The van der Waals surface area contributed by atoms with Gasteiger partial charge in [-0.25, -0.2) is 14.5 Å². The number of methoxy groups -OCH3 is 1. The van der Waals surface area contributed by atoms with Crippen molar-refractivity contribution < 1.29 is 4.74 Å². The number of aromatic nitrogens is 5. The maximum absolute atomic E-state index is 5.59. The minimum absolute atomic E-state index is 0.303. The maximum atomic E-state index is 5.59. The molecule has 1 N–H and O–H groups in total. The topological polar surface area (TPSA) is 74.6 Å². The molecular weight excluding hydrogens is 414 g/mol. The Kier molecular flexibility index (Phi) is 5.70. The van der Waals surface area contributed by atoms with Gasteiger partial charge < -0.3 is 14.6 Å². The third-order valence-electron chi connectivity index (χ3n) is 6.41. The summed E-state index contributed by atoms with van der Waals surface area (Å²) in [5.74, 6) is 2.76. The number of hydrogen-bond donors (Lipinski definition) is 1. The van der Waals surface area contributed by atoms with Crippen LogP contribution in [0.3, 0.4) is 0 Å². The van der Waals surface area contributed by atoms with Crippen LogP contribution in [-0.2, 0) is 0 Å². The summed E-state index contributed by atoms with van der Waals surface area (Å²) in [5, 5.41) is 4.33. The highest BCUT2D eigenvalue weighted by molar-refractivity contribution is 5.90. The minimum Gasteiger partial charge on any atom is -0.493 e. The van der Waals surface area contributed by atoms with Gasteiger partial charge in [0.05, 0.1) is 23.8 Å². The molecule has 1 aliphatic rings. The molecule has 1 fully saturated rings. The molecule has 0 radical (unpaired) electrons. The second-order valence-electron chi connectivity index (χ2n) is 9.64. The Bertz CT molecular complexity index is 1260. The van der Waals surface area contributed by atoms with Crippen LogP contribution in [0.5, 0.6) is 5.75 Å².